The molecule has 0 saturated carbocycles. The Balaban J connectivity index is 2.87. The molecule has 0 amide bonds. The van der Waals surface area contributed by atoms with Crippen molar-refractivity contribution in [3.05, 3.63) is 42.0 Å². The molecule has 15 heavy (non-hydrogen) atoms. The number of carbonyl (C=O) groups excluding carboxylic acids is 1. The van der Waals surface area contributed by atoms with Crippen LogP contribution >= 0.6 is 0 Å². The summed E-state index contributed by atoms with van der Waals surface area (Å²) in [5, 5.41) is 0. The Morgan fingerprint density at radius 1 is 1.53 bits per heavy atom. The molecule has 3 heteroatoms. The molecule has 0 saturated heterocycles. The molecule has 0 aliphatic rings. The van der Waals surface area contributed by atoms with Crippen molar-refractivity contribution >= 4 is 5.97 Å². The molecule has 0 aromatic heterocycles. The summed E-state index contributed by atoms with van der Waals surface area (Å²) in [6.45, 7) is 5.90. The topological polar surface area (TPSA) is 35.5 Å². The van der Waals surface area contributed by atoms with E-state index in [9.17, 15) is 4.79 Å². The quantitative estimate of drug-likeness (QED) is 0.560. The van der Waals surface area contributed by atoms with Crippen LogP contribution in [0.2, 0.25) is 0 Å². The van der Waals surface area contributed by atoms with Gasteiger partial charge in [-0.05, 0) is 30.7 Å². The Morgan fingerprint density at radius 3 is 2.80 bits per heavy atom. The van der Waals surface area contributed by atoms with Crippen LogP contribution in [-0.2, 0) is 4.74 Å². The lowest BCUT2D eigenvalue weighted by molar-refractivity contribution is 0.0600. The lowest BCUT2D eigenvalue weighted by atomic mass is 10.1. The predicted octanol–water partition coefficient (Wildman–Crippen LogP) is 2.35. The van der Waals surface area contributed by atoms with Crippen LogP contribution in [0.5, 0.6) is 5.75 Å². The van der Waals surface area contributed by atoms with Crippen LogP contribution in [0.3, 0.4) is 0 Å². The summed E-state index contributed by atoms with van der Waals surface area (Å²) in [5.74, 6) is 0.413. The second-order valence-corrected chi connectivity index (χ2v) is 3.07. The minimum Gasteiger partial charge on any atom is -0.489 e. The summed E-state index contributed by atoms with van der Waals surface area (Å²) in [5.41, 5.74) is 1.43. The number of esters is 1. The molecule has 0 unspecified atom stereocenters. The molecule has 0 aliphatic heterocycles. The second-order valence-electron chi connectivity index (χ2n) is 3.07. The van der Waals surface area contributed by atoms with Gasteiger partial charge in [0.25, 0.3) is 0 Å². The van der Waals surface area contributed by atoms with E-state index in [1.807, 2.05) is 6.92 Å². The van der Waals surface area contributed by atoms with Gasteiger partial charge in [-0.25, -0.2) is 4.79 Å². The van der Waals surface area contributed by atoms with Crippen molar-refractivity contribution in [1.29, 1.82) is 0 Å². The van der Waals surface area contributed by atoms with Gasteiger partial charge in [-0.2, -0.15) is 0 Å². The van der Waals surface area contributed by atoms with Gasteiger partial charge >= 0.3 is 5.97 Å². The first kappa shape index (κ1) is 11.3. The van der Waals surface area contributed by atoms with E-state index in [1.165, 1.54) is 7.11 Å². The van der Waals surface area contributed by atoms with Gasteiger partial charge in [0.05, 0.1) is 12.7 Å². The Morgan fingerprint density at radius 2 is 2.27 bits per heavy atom. The van der Waals surface area contributed by atoms with Crippen LogP contribution in [0.4, 0.5) is 0 Å². The highest BCUT2D eigenvalue weighted by atomic mass is 16.5. The van der Waals surface area contributed by atoms with Gasteiger partial charge in [0.2, 0.25) is 0 Å². The highest BCUT2D eigenvalue weighted by molar-refractivity contribution is 5.89. The fourth-order valence-corrected chi connectivity index (χ4v) is 1.20. The first-order valence-electron chi connectivity index (χ1n) is 4.61. The lowest BCUT2D eigenvalue weighted by Gasteiger charge is -2.08. The summed E-state index contributed by atoms with van der Waals surface area (Å²) in [6.07, 6.45) is 1.67. The molecule has 0 heterocycles. The molecule has 0 atom stereocenters. The molecule has 0 bridgehead atoms. The van der Waals surface area contributed by atoms with Gasteiger partial charge in [-0.15, -0.1) is 0 Å². The van der Waals surface area contributed by atoms with E-state index in [-0.39, 0.29) is 5.97 Å². The van der Waals surface area contributed by atoms with Crippen LogP contribution in [-0.4, -0.2) is 19.7 Å². The monoisotopic (exact) mass is 206 g/mol. The second kappa shape index (κ2) is 5.20. The first-order valence-corrected chi connectivity index (χ1v) is 4.61. The third kappa shape index (κ3) is 2.84. The van der Waals surface area contributed by atoms with Gasteiger partial charge in [-0.3, -0.25) is 0 Å². The minimum absolute atomic E-state index is 0.339. The third-order valence-electron chi connectivity index (χ3n) is 1.95. The Hall–Kier alpha value is -1.77. The summed E-state index contributed by atoms with van der Waals surface area (Å²) in [6, 6.07) is 5.17. The normalized spacial score (nSPS) is 9.47. The molecular weight excluding hydrogens is 192 g/mol. The molecule has 1 aromatic carbocycles. The highest BCUT2D eigenvalue weighted by Crippen LogP contribution is 2.19. The standard InChI is InChI=1S/C12H14O3/c1-4-7-15-11-6-5-10(8-9(11)2)12(13)14-3/h4-6,8H,1,7H2,2-3H3. The maximum Gasteiger partial charge on any atom is 0.337 e. The maximum absolute atomic E-state index is 11.2. The van der Waals surface area contributed by atoms with E-state index < -0.39 is 0 Å². The Labute approximate surface area is 89.3 Å². The van der Waals surface area contributed by atoms with Crippen molar-refractivity contribution in [3.8, 4) is 5.75 Å². The van der Waals surface area contributed by atoms with Gasteiger partial charge < -0.3 is 9.47 Å². The predicted molar refractivity (Wildman–Crippen MR) is 58.2 cm³/mol. The van der Waals surface area contributed by atoms with Gasteiger partial charge in [-0.1, -0.05) is 12.7 Å². The molecule has 0 spiro atoms. The van der Waals surface area contributed by atoms with E-state index in [1.54, 1.807) is 24.3 Å². The zero-order valence-corrected chi connectivity index (χ0v) is 8.95. The number of aryl methyl sites for hydroxylation is 1. The van der Waals surface area contributed by atoms with Gasteiger partial charge in [0, 0.05) is 0 Å². The van der Waals surface area contributed by atoms with E-state index in [2.05, 4.69) is 11.3 Å². The number of rotatable bonds is 4. The number of hydrogen-bond donors (Lipinski definition) is 0. The molecule has 1 rings (SSSR count). The van der Waals surface area contributed by atoms with Crippen molar-refractivity contribution < 1.29 is 14.3 Å². The first-order chi connectivity index (χ1) is 7.19. The summed E-state index contributed by atoms with van der Waals surface area (Å²) in [4.78, 5) is 11.2. The lowest BCUT2D eigenvalue weighted by Crippen LogP contribution is -2.02. The smallest absolute Gasteiger partial charge is 0.337 e. The van der Waals surface area contributed by atoms with Crippen LogP contribution in [0.25, 0.3) is 0 Å². The summed E-state index contributed by atoms with van der Waals surface area (Å²) < 4.78 is 10.0. The fraction of sp³-hybridized carbons (Fsp3) is 0.250. The van der Waals surface area contributed by atoms with Crippen LogP contribution < -0.4 is 4.74 Å². The van der Waals surface area contributed by atoms with Crippen molar-refractivity contribution in [1.82, 2.24) is 0 Å². The zero-order valence-electron chi connectivity index (χ0n) is 8.95. The zero-order chi connectivity index (χ0) is 11.3. The maximum atomic E-state index is 11.2. The molecule has 80 valence electrons. The minimum atomic E-state index is -0.339. The molecule has 0 N–H and O–H groups in total. The number of carbonyl (C=O) groups is 1. The average Bonchev–Trinajstić information content (AvgIpc) is 2.26. The largest absolute Gasteiger partial charge is 0.489 e. The Bertz CT molecular complexity index is 369. The fourth-order valence-electron chi connectivity index (χ4n) is 1.20. The number of benzene rings is 1. The van der Waals surface area contributed by atoms with E-state index >= 15 is 0 Å². The summed E-state index contributed by atoms with van der Waals surface area (Å²) in [7, 11) is 1.36. The number of ether oxygens (including phenoxy) is 2. The van der Waals surface area contributed by atoms with Gasteiger partial charge in [0.15, 0.2) is 0 Å². The molecular formula is C12H14O3. The molecule has 0 fully saturated rings. The highest BCUT2D eigenvalue weighted by Gasteiger charge is 2.07. The van der Waals surface area contributed by atoms with Crippen LogP contribution in [0.1, 0.15) is 15.9 Å². The molecule has 0 aliphatic carbocycles. The molecule has 3 nitrogen and oxygen atoms in total. The molecule has 0 radical (unpaired) electrons. The van der Waals surface area contributed by atoms with Crippen LogP contribution in [0.15, 0.2) is 30.9 Å². The SMILES string of the molecule is C=CCOc1ccc(C(=O)OC)cc1C. The van der Waals surface area contributed by atoms with Crippen molar-refractivity contribution in [2.75, 3.05) is 13.7 Å². The Kier molecular flexibility index (Phi) is 3.92. The van der Waals surface area contributed by atoms with Crippen LogP contribution in [0, 0.1) is 6.92 Å². The van der Waals surface area contributed by atoms with Crippen molar-refractivity contribution in [2.24, 2.45) is 0 Å². The van der Waals surface area contributed by atoms with Crippen molar-refractivity contribution in [2.45, 2.75) is 6.92 Å². The summed E-state index contributed by atoms with van der Waals surface area (Å²) >= 11 is 0. The number of hydrogen-bond acceptors (Lipinski definition) is 3. The van der Waals surface area contributed by atoms with Gasteiger partial charge in [0.1, 0.15) is 12.4 Å². The average molecular weight is 206 g/mol. The van der Waals surface area contributed by atoms with E-state index in [0.717, 1.165) is 11.3 Å². The third-order valence-corrected chi connectivity index (χ3v) is 1.95. The van der Waals surface area contributed by atoms with E-state index in [4.69, 9.17) is 4.74 Å². The van der Waals surface area contributed by atoms with E-state index in [0.29, 0.717) is 12.2 Å². The molecule has 1 aromatic rings. The van der Waals surface area contributed by atoms with Crippen molar-refractivity contribution in [3.63, 3.8) is 0 Å². The number of methoxy groups -OCH3 is 1.